The number of hydrogen-bond acceptors (Lipinski definition) is 3. The highest BCUT2D eigenvalue weighted by Gasteiger charge is 2.15. The van der Waals surface area contributed by atoms with Crippen molar-refractivity contribution in [3.8, 4) is 0 Å². The van der Waals surface area contributed by atoms with Crippen LogP contribution in [0.5, 0.6) is 0 Å². The highest BCUT2D eigenvalue weighted by molar-refractivity contribution is 6.33. The number of likely N-dealkylation sites (N-methyl/N-ethyl adjacent to an activating group) is 1. The molecule has 6 heteroatoms. The van der Waals surface area contributed by atoms with Crippen molar-refractivity contribution in [2.45, 2.75) is 13.8 Å². The number of benzene rings is 2. The number of aliphatic imine (C=N–C) groups is 1. The van der Waals surface area contributed by atoms with Gasteiger partial charge in [0.1, 0.15) is 5.82 Å². The molecule has 0 N–H and O–H groups in total. The van der Waals surface area contributed by atoms with Gasteiger partial charge in [0.25, 0.3) is 0 Å². The predicted molar refractivity (Wildman–Crippen MR) is 107 cm³/mol. The van der Waals surface area contributed by atoms with Crippen molar-refractivity contribution in [1.82, 2.24) is 4.90 Å². The van der Waals surface area contributed by atoms with E-state index in [1.165, 1.54) is 12.1 Å². The van der Waals surface area contributed by atoms with Gasteiger partial charge in [0.05, 0.1) is 23.6 Å². The first-order valence-corrected chi connectivity index (χ1v) is 8.74. The van der Waals surface area contributed by atoms with Crippen LogP contribution in [0.3, 0.4) is 0 Å². The van der Waals surface area contributed by atoms with Crippen molar-refractivity contribution in [2.24, 2.45) is 4.99 Å². The van der Waals surface area contributed by atoms with E-state index in [4.69, 9.17) is 11.6 Å². The number of hydrogen-bond donors (Lipinski definition) is 0. The van der Waals surface area contributed by atoms with E-state index in [-0.39, 0.29) is 18.1 Å². The van der Waals surface area contributed by atoms with Crippen LogP contribution >= 0.6 is 11.6 Å². The Labute approximate surface area is 158 Å². The molecular weight excluding hydrogens is 353 g/mol. The van der Waals surface area contributed by atoms with Gasteiger partial charge >= 0.3 is 0 Å². The van der Waals surface area contributed by atoms with Gasteiger partial charge < -0.3 is 9.80 Å². The maximum Gasteiger partial charge on any atom is 0.182 e. The summed E-state index contributed by atoms with van der Waals surface area (Å²) in [5.41, 5.74) is 2.62. The zero-order chi connectivity index (χ0) is 19.3. The summed E-state index contributed by atoms with van der Waals surface area (Å²) in [4.78, 5) is 20.7. The Morgan fingerprint density at radius 2 is 2.00 bits per heavy atom. The van der Waals surface area contributed by atoms with Crippen LogP contribution in [0.15, 0.2) is 41.4 Å². The molecule has 0 heterocycles. The predicted octanol–water partition coefficient (Wildman–Crippen LogP) is 4.72. The van der Waals surface area contributed by atoms with Crippen LogP contribution in [0, 0.1) is 12.7 Å². The number of aryl methyl sites for hydroxylation is 1. The second-order valence-electron chi connectivity index (χ2n) is 6.20. The molecule has 0 aliphatic rings. The Morgan fingerprint density at radius 1 is 1.27 bits per heavy atom. The number of halogens is 2. The fraction of sp³-hybridized carbons (Fsp3) is 0.300. The number of carbonyl (C=O) groups is 1. The van der Waals surface area contributed by atoms with Crippen LogP contribution in [0.25, 0.3) is 0 Å². The van der Waals surface area contributed by atoms with E-state index in [0.29, 0.717) is 22.0 Å². The summed E-state index contributed by atoms with van der Waals surface area (Å²) in [5, 5.41) is 0.424. The fourth-order valence-electron chi connectivity index (χ4n) is 2.41. The third-order valence-electron chi connectivity index (χ3n) is 4.12. The first-order chi connectivity index (χ1) is 12.3. The average Bonchev–Trinajstić information content (AvgIpc) is 2.61. The summed E-state index contributed by atoms with van der Waals surface area (Å²) in [7, 11) is 3.67. The summed E-state index contributed by atoms with van der Waals surface area (Å²) in [6, 6.07) is 9.61. The third kappa shape index (κ3) is 5.05. The summed E-state index contributed by atoms with van der Waals surface area (Å²) >= 11 is 6.30. The van der Waals surface area contributed by atoms with Gasteiger partial charge in [-0.15, -0.1) is 0 Å². The Hall–Kier alpha value is -2.40. The van der Waals surface area contributed by atoms with Crippen molar-refractivity contribution in [2.75, 3.05) is 32.1 Å². The lowest BCUT2D eigenvalue weighted by Gasteiger charge is -2.19. The molecule has 2 rings (SSSR count). The summed E-state index contributed by atoms with van der Waals surface area (Å²) in [5.74, 6) is -0.419. The van der Waals surface area contributed by atoms with E-state index < -0.39 is 0 Å². The molecule has 0 spiro atoms. The summed E-state index contributed by atoms with van der Waals surface area (Å²) in [6.07, 6.45) is 1.71. The third-order valence-corrected chi connectivity index (χ3v) is 4.42. The monoisotopic (exact) mass is 375 g/mol. The Kier molecular flexibility index (Phi) is 6.75. The molecule has 0 bridgehead atoms. The zero-order valence-electron chi connectivity index (χ0n) is 15.5. The fourth-order valence-corrected chi connectivity index (χ4v) is 2.63. The molecule has 138 valence electrons. The van der Waals surface area contributed by atoms with E-state index in [1.807, 2.05) is 25.8 Å². The topological polar surface area (TPSA) is 35.9 Å². The standard InChI is InChI=1S/C20H23ClFN3O/c1-5-24(3)13-23-19-9-14(2)17(11-18(19)21)20(26)12-25(4)16-8-6-7-15(22)10-16/h6-11,13H,5,12H2,1-4H3. The Bertz CT molecular complexity index is 823. The minimum atomic E-state index is -0.333. The van der Waals surface area contributed by atoms with E-state index in [2.05, 4.69) is 4.99 Å². The van der Waals surface area contributed by atoms with Crippen molar-refractivity contribution < 1.29 is 9.18 Å². The van der Waals surface area contributed by atoms with Gasteiger partial charge in [-0.1, -0.05) is 17.7 Å². The minimum Gasteiger partial charge on any atom is -0.367 e. The lowest BCUT2D eigenvalue weighted by Crippen LogP contribution is -2.26. The molecule has 0 saturated carbocycles. The molecule has 0 unspecified atom stereocenters. The van der Waals surface area contributed by atoms with Gasteiger partial charge in [0, 0.05) is 31.9 Å². The van der Waals surface area contributed by atoms with E-state index in [1.54, 1.807) is 42.6 Å². The maximum absolute atomic E-state index is 13.4. The van der Waals surface area contributed by atoms with Crippen LogP contribution in [-0.2, 0) is 0 Å². The Balaban J connectivity index is 2.19. The summed E-state index contributed by atoms with van der Waals surface area (Å²) in [6.45, 7) is 4.84. The number of rotatable bonds is 7. The molecule has 0 aliphatic carbocycles. The van der Waals surface area contributed by atoms with Gasteiger partial charge in [-0.3, -0.25) is 4.79 Å². The van der Waals surface area contributed by atoms with Gasteiger partial charge in [-0.25, -0.2) is 9.38 Å². The molecule has 0 amide bonds. The SMILES string of the molecule is CCN(C)C=Nc1cc(C)c(C(=O)CN(C)c2cccc(F)c2)cc1Cl. The molecule has 0 saturated heterocycles. The molecular formula is C20H23ClFN3O. The first kappa shape index (κ1) is 19.9. The molecule has 0 radical (unpaired) electrons. The second-order valence-corrected chi connectivity index (χ2v) is 6.60. The van der Waals surface area contributed by atoms with Crippen molar-refractivity contribution in [3.63, 3.8) is 0 Å². The van der Waals surface area contributed by atoms with Crippen molar-refractivity contribution in [1.29, 1.82) is 0 Å². The molecule has 0 atom stereocenters. The van der Waals surface area contributed by atoms with Gasteiger partial charge in [0.15, 0.2) is 5.78 Å². The smallest absolute Gasteiger partial charge is 0.182 e. The number of anilines is 1. The highest BCUT2D eigenvalue weighted by Crippen LogP contribution is 2.29. The minimum absolute atomic E-state index is 0.0858. The van der Waals surface area contributed by atoms with Gasteiger partial charge in [-0.05, 0) is 49.7 Å². The summed E-state index contributed by atoms with van der Waals surface area (Å²) < 4.78 is 13.4. The Morgan fingerprint density at radius 3 is 2.65 bits per heavy atom. The van der Waals surface area contributed by atoms with Crippen LogP contribution in [0.2, 0.25) is 5.02 Å². The molecule has 2 aromatic rings. The van der Waals surface area contributed by atoms with Crippen molar-refractivity contribution >= 4 is 35.1 Å². The molecule has 26 heavy (non-hydrogen) atoms. The van der Waals surface area contributed by atoms with E-state index >= 15 is 0 Å². The molecule has 0 aromatic heterocycles. The van der Waals surface area contributed by atoms with Crippen LogP contribution in [0.1, 0.15) is 22.8 Å². The molecule has 0 aliphatic heterocycles. The first-order valence-electron chi connectivity index (χ1n) is 8.36. The molecule has 0 fully saturated rings. The van der Waals surface area contributed by atoms with E-state index in [0.717, 1.165) is 12.1 Å². The quantitative estimate of drug-likeness (QED) is 0.399. The largest absolute Gasteiger partial charge is 0.367 e. The highest BCUT2D eigenvalue weighted by atomic mass is 35.5. The molecule has 4 nitrogen and oxygen atoms in total. The average molecular weight is 376 g/mol. The van der Waals surface area contributed by atoms with Crippen molar-refractivity contribution in [3.05, 3.63) is 58.4 Å². The van der Waals surface area contributed by atoms with Crippen LogP contribution in [-0.4, -0.2) is 44.2 Å². The van der Waals surface area contributed by atoms with Gasteiger partial charge in [0.2, 0.25) is 0 Å². The zero-order valence-corrected chi connectivity index (χ0v) is 16.2. The lowest BCUT2D eigenvalue weighted by atomic mass is 10.0. The number of carbonyl (C=O) groups excluding carboxylic acids is 1. The van der Waals surface area contributed by atoms with E-state index in [9.17, 15) is 9.18 Å². The maximum atomic E-state index is 13.4. The van der Waals surface area contributed by atoms with Gasteiger partial charge in [-0.2, -0.15) is 0 Å². The number of nitrogens with zero attached hydrogens (tertiary/aromatic N) is 3. The number of ketones is 1. The number of Topliss-reactive ketones (excluding diaryl/α,β-unsaturated/α-hetero) is 1. The lowest BCUT2D eigenvalue weighted by molar-refractivity contribution is 0.1000. The van der Waals surface area contributed by atoms with Crippen LogP contribution < -0.4 is 4.90 Å². The normalized spacial score (nSPS) is 11.0. The molecule has 2 aromatic carbocycles. The second kappa shape index (κ2) is 8.81. The van der Waals surface area contributed by atoms with Crippen LogP contribution in [0.4, 0.5) is 15.8 Å².